The van der Waals surface area contributed by atoms with Crippen molar-refractivity contribution < 1.29 is 14.4 Å². The van der Waals surface area contributed by atoms with E-state index >= 15 is 0 Å². The van der Waals surface area contributed by atoms with E-state index in [2.05, 4.69) is 5.10 Å². The Labute approximate surface area is 118 Å². The van der Waals surface area contributed by atoms with Crippen molar-refractivity contribution in [3.63, 3.8) is 0 Å². The molecule has 1 aromatic carbocycles. The molecule has 6 heteroatoms. The van der Waals surface area contributed by atoms with Crippen molar-refractivity contribution in [2.45, 2.75) is 25.5 Å². The minimum Gasteiger partial charge on any atom is -0.524 e. The maximum atomic E-state index is 8.89. The minimum absolute atomic E-state index is 0.129. The summed E-state index contributed by atoms with van der Waals surface area (Å²) >= 11 is 0. The highest BCUT2D eigenvalue weighted by atomic mass is 16.5. The minimum atomic E-state index is -0.129. The fourth-order valence-corrected chi connectivity index (χ4v) is 2.39. The van der Waals surface area contributed by atoms with Gasteiger partial charge >= 0.3 is 7.69 Å². The van der Waals surface area contributed by atoms with Gasteiger partial charge in [0.1, 0.15) is 0 Å². The van der Waals surface area contributed by atoms with Crippen LogP contribution in [0.25, 0.3) is 11.3 Å². The normalized spacial score (nSPS) is 18.8. The van der Waals surface area contributed by atoms with Crippen LogP contribution in [0.3, 0.4) is 0 Å². The van der Waals surface area contributed by atoms with Crippen molar-refractivity contribution >= 4 is 7.69 Å². The van der Waals surface area contributed by atoms with Crippen molar-refractivity contribution in [1.82, 2.24) is 9.78 Å². The van der Waals surface area contributed by atoms with Gasteiger partial charge in [0, 0.05) is 18.2 Å². The van der Waals surface area contributed by atoms with Crippen LogP contribution >= 0.6 is 0 Å². The van der Waals surface area contributed by atoms with Gasteiger partial charge < -0.3 is 14.4 Å². The van der Waals surface area contributed by atoms with Gasteiger partial charge in [-0.05, 0) is 19.3 Å². The van der Waals surface area contributed by atoms with Crippen LogP contribution in [0.5, 0.6) is 5.88 Å². The van der Waals surface area contributed by atoms with Crippen LogP contribution < -0.4 is 4.65 Å². The van der Waals surface area contributed by atoms with Crippen molar-refractivity contribution in [2.75, 3.05) is 6.61 Å². The van der Waals surface area contributed by atoms with E-state index in [9.17, 15) is 0 Å². The number of hydrogen-bond donors (Lipinski definition) is 1. The average Bonchev–Trinajstić information content (AvgIpc) is 2.94. The SMILES string of the molecule is O[B]Oc1cc(-c2ccccc2)nn1C1CCCCO1. The van der Waals surface area contributed by atoms with E-state index < -0.39 is 0 Å². The molecule has 0 saturated carbocycles. The molecule has 2 aromatic rings. The summed E-state index contributed by atoms with van der Waals surface area (Å²) in [6.07, 6.45) is 2.95. The predicted octanol–water partition coefficient (Wildman–Crippen LogP) is 2.15. The Bertz CT molecular complexity index is 553. The molecule has 1 saturated heterocycles. The molecule has 0 amide bonds. The number of ether oxygens (including phenoxy) is 1. The Balaban J connectivity index is 1.93. The van der Waals surface area contributed by atoms with Crippen LogP contribution in [-0.2, 0) is 4.74 Å². The zero-order valence-corrected chi connectivity index (χ0v) is 11.1. The molecule has 0 bridgehead atoms. The van der Waals surface area contributed by atoms with Crippen LogP contribution in [0.4, 0.5) is 0 Å². The van der Waals surface area contributed by atoms with E-state index in [-0.39, 0.29) is 6.23 Å². The lowest BCUT2D eigenvalue weighted by atomic mass is 10.2. The van der Waals surface area contributed by atoms with Gasteiger partial charge in [-0.15, -0.1) is 0 Å². The largest absolute Gasteiger partial charge is 0.570 e. The fourth-order valence-electron chi connectivity index (χ4n) is 2.39. The van der Waals surface area contributed by atoms with Crippen LogP contribution in [0.1, 0.15) is 25.5 Å². The van der Waals surface area contributed by atoms with E-state index in [4.69, 9.17) is 14.4 Å². The Morgan fingerprint density at radius 2 is 2.15 bits per heavy atom. The quantitative estimate of drug-likeness (QED) is 0.866. The Morgan fingerprint density at radius 1 is 1.30 bits per heavy atom. The van der Waals surface area contributed by atoms with Gasteiger partial charge in [0.2, 0.25) is 0 Å². The van der Waals surface area contributed by atoms with Crippen molar-refractivity contribution in [1.29, 1.82) is 0 Å². The lowest BCUT2D eigenvalue weighted by Crippen LogP contribution is -2.20. The number of rotatable bonds is 4. The standard InChI is InChI=1S/C14H16BN2O3/c18-15-20-14-10-12(11-6-2-1-3-7-11)16-17(14)13-8-4-5-9-19-13/h1-3,6-7,10,13,18H,4-5,8-9H2. The van der Waals surface area contributed by atoms with E-state index in [0.717, 1.165) is 37.1 Å². The maximum Gasteiger partial charge on any atom is 0.570 e. The van der Waals surface area contributed by atoms with Gasteiger partial charge in [0.25, 0.3) is 0 Å². The summed E-state index contributed by atoms with van der Waals surface area (Å²) < 4.78 is 12.6. The molecule has 1 aromatic heterocycles. The first-order valence-electron chi connectivity index (χ1n) is 6.77. The molecule has 1 aliphatic rings. The molecule has 20 heavy (non-hydrogen) atoms. The third kappa shape index (κ3) is 2.71. The molecule has 1 atom stereocenters. The first-order chi connectivity index (χ1) is 9.88. The predicted molar refractivity (Wildman–Crippen MR) is 75.1 cm³/mol. The van der Waals surface area contributed by atoms with Gasteiger partial charge in [-0.2, -0.15) is 5.10 Å². The number of nitrogens with zero attached hydrogens (tertiary/aromatic N) is 2. The van der Waals surface area contributed by atoms with E-state index in [1.54, 1.807) is 10.7 Å². The van der Waals surface area contributed by atoms with Crippen LogP contribution in [0.2, 0.25) is 0 Å². The lowest BCUT2D eigenvalue weighted by Gasteiger charge is -2.24. The van der Waals surface area contributed by atoms with Gasteiger partial charge in [-0.25, -0.2) is 4.68 Å². The Hall–Kier alpha value is -1.79. The number of hydrogen-bond acceptors (Lipinski definition) is 4. The summed E-state index contributed by atoms with van der Waals surface area (Å²) in [5.74, 6) is 0.484. The number of aromatic nitrogens is 2. The zero-order valence-electron chi connectivity index (χ0n) is 11.1. The van der Waals surface area contributed by atoms with Gasteiger partial charge in [-0.3, -0.25) is 0 Å². The summed E-state index contributed by atoms with van der Waals surface area (Å²) in [5, 5.41) is 13.5. The van der Waals surface area contributed by atoms with E-state index in [0.29, 0.717) is 13.6 Å². The fraction of sp³-hybridized carbons (Fsp3) is 0.357. The molecule has 103 valence electrons. The average molecular weight is 271 g/mol. The second-order valence-corrected chi connectivity index (χ2v) is 4.72. The smallest absolute Gasteiger partial charge is 0.524 e. The molecular weight excluding hydrogens is 255 g/mol. The maximum absolute atomic E-state index is 8.89. The molecule has 1 unspecified atom stereocenters. The summed E-state index contributed by atoms with van der Waals surface area (Å²) in [6.45, 7) is 0.730. The number of benzene rings is 1. The molecule has 5 nitrogen and oxygen atoms in total. The van der Waals surface area contributed by atoms with Crippen LogP contribution in [-0.4, -0.2) is 29.1 Å². The summed E-state index contributed by atoms with van der Waals surface area (Å²) in [4.78, 5) is 0. The van der Waals surface area contributed by atoms with Gasteiger partial charge in [0.05, 0.1) is 5.69 Å². The first-order valence-corrected chi connectivity index (χ1v) is 6.77. The van der Waals surface area contributed by atoms with Crippen molar-refractivity contribution in [3.8, 4) is 17.1 Å². The highest BCUT2D eigenvalue weighted by molar-refractivity contribution is 6.17. The summed E-state index contributed by atoms with van der Waals surface area (Å²) in [7, 11) is 0.672. The van der Waals surface area contributed by atoms with Crippen molar-refractivity contribution in [2.24, 2.45) is 0 Å². The van der Waals surface area contributed by atoms with Crippen molar-refractivity contribution in [3.05, 3.63) is 36.4 Å². The molecule has 1 fully saturated rings. The van der Waals surface area contributed by atoms with E-state index in [1.807, 2.05) is 30.3 Å². The highest BCUT2D eigenvalue weighted by Crippen LogP contribution is 2.30. The zero-order chi connectivity index (χ0) is 13.8. The second-order valence-electron chi connectivity index (χ2n) is 4.72. The monoisotopic (exact) mass is 271 g/mol. The molecule has 1 radical (unpaired) electrons. The van der Waals surface area contributed by atoms with Crippen LogP contribution in [0, 0.1) is 0 Å². The Morgan fingerprint density at radius 3 is 2.85 bits per heavy atom. The first kappa shape index (κ1) is 13.2. The topological polar surface area (TPSA) is 56.5 Å². The molecule has 0 aliphatic carbocycles. The van der Waals surface area contributed by atoms with E-state index in [1.165, 1.54) is 0 Å². The molecule has 0 spiro atoms. The summed E-state index contributed by atoms with van der Waals surface area (Å²) in [6, 6.07) is 11.7. The lowest BCUT2D eigenvalue weighted by molar-refractivity contribution is -0.0419. The van der Waals surface area contributed by atoms with Crippen LogP contribution in [0.15, 0.2) is 36.4 Å². The molecule has 1 N–H and O–H groups in total. The second kappa shape index (κ2) is 6.11. The van der Waals surface area contributed by atoms with Gasteiger partial charge in [-0.1, -0.05) is 30.3 Å². The third-order valence-corrected chi connectivity index (χ3v) is 3.37. The molecule has 3 rings (SSSR count). The van der Waals surface area contributed by atoms with Gasteiger partial charge in [0.15, 0.2) is 12.1 Å². The molecular formula is C14H16BN2O3. The molecule has 1 aliphatic heterocycles. The third-order valence-electron chi connectivity index (χ3n) is 3.37. The molecule has 2 heterocycles. The Kier molecular flexibility index (Phi) is 4.04. The highest BCUT2D eigenvalue weighted by Gasteiger charge is 2.21. The summed E-state index contributed by atoms with van der Waals surface area (Å²) in [5.41, 5.74) is 1.81.